The molecule has 0 N–H and O–H groups in total. The third-order valence-corrected chi connectivity index (χ3v) is 5.65. The van der Waals surface area contributed by atoms with Crippen molar-refractivity contribution in [3.8, 4) is 0 Å². The van der Waals surface area contributed by atoms with E-state index in [0.29, 0.717) is 15.6 Å². The molecule has 0 radical (unpaired) electrons. The highest BCUT2D eigenvalue weighted by Gasteiger charge is 2.09. The summed E-state index contributed by atoms with van der Waals surface area (Å²) in [7, 11) is 2.72. The number of carbonyl (C=O) groups is 3. The summed E-state index contributed by atoms with van der Waals surface area (Å²) in [6.45, 7) is 0. The molecule has 1 heterocycles. The van der Waals surface area contributed by atoms with E-state index >= 15 is 0 Å². The molecule has 3 aromatic rings. The lowest BCUT2D eigenvalue weighted by molar-refractivity contribution is -0.137. The van der Waals surface area contributed by atoms with Crippen LogP contribution in [0, 0.1) is 5.82 Å². The van der Waals surface area contributed by atoms with Crippen molar-refractivity contribution in [1.82, 2.24) is 0 Å². The second-order valence-corrected chi connectivity index (χ2v) is 8.53. The zero-order valence-corrected chi connectivity index (χ0v) is 20.7. The van der Waals surface area contributed by atoms with Gasteiger partial charge in [0.05, 0.1) is 25.5 Å². The number of fused-ring (bicyclic) bond motifs is 1. The topological polar surface area (TPSA) is 69.7 Å². The van der Waals surface area contributed by atoms with Crippen LogP contribution in [0.3, 0.4) is 0 Å². The van der Waals surface area contributed by atoms with Crippen molar-refractivity contribution < 1.29 is 28.2 Å². The number of thiophene rings is 1. The maximum Gasteiger partial charge on any atom is 0.348 e. The minimum Gasteiger partial charge on any atom is -0.468 e. The number of carbonyl (C=O) groups excluding carboxylic acids is 3. The average molecular weight is 580 g/mol. The van der Waals surface area contributed by atoms with Crippen LogP contribution < -0.4 is 0 Å². The van der Waals surface area contributed by atoms with Gasteiger partial charge in [-0.05, 0) is 47.9 Å². The van der Waals surface area contributed by atoms with Crippen LogP contribution >= 0.6 is 55.8 Å². The van der Waals surface area contributed by atoms with Gasteiger partial charge in [0.2, 0.25) is 0 Å². The summed E-state index contributed by atoms with van der Waals surface area (Å²) < 4.78 is 24.2. The second kappa shape index (κ2) is 13.5. The molecule has 5 nitrogen and oxygen atoms in total. The van der Waals surface area contributed by atoms with Crippen LogP contribution in [0.15, 0.2) is 51.4 Å². The maximum atomic E-state index is 12.5. The molecule has 0 amide bonds. The number of methoxy groups -OCH3 is 2. The summed E-state index contributed by atoms with van der Waals surface area (Å²) in [5.74, 6) is -0.893. The minimum absolute atomic E-state index is 0.0781. The lowest BCUT2D eigenvalue weighted by atomic mass is 10.2. The molecule has 0 aliphatic heterocycles. The van der Waals surface area contributed by atoms with Crippen LogP contribution in [0.4, 0.5) is 4.39 Å². The van der Waals surface area contributed by atoms with Crippen LogP contribution in [0.2, 0.25) is 0 Å². The minimum atomic E-state index is -0.488. The fourth-order valence-corrected chi connectivity index (χ4v) is 3.73. The van der Waals surface area contributed by atoms with Crippen molar-refractivity contribution in [1.29, 1.82) is 0 Å². The third-order valence-electron chi connectivity index (χ3n) is 3.31. The van der Waals surface area contributed by atoms with Crippen molar-refractivity contribution in [2.45, 2.75) is 0 Å². The van der Waals surface area contributed by atoms with E-state index in [-0.39, 0.29) is 23.3 Å². The molecule has 0 atom stereocenters. The molecule has 0 unspecified atom stereocenters. The number of rotatable bonds is 3. The van der Waals surface area contributed by atoms with Gasteiger partial charge in [-0.25, -0.2) is 9.18 Å². The Morgan fingerprint density at radius 2 is 1.70 bits per heavy atom. The van der Waals surface area contributed by atoms with Gasteiger partial charge in [-0.1, -0.05) is 31.9 Å². The van der Waals surface area contributed by atoms with E-state index in [1.54, 1.807) is 6.07 Å². The molecule has 1 aromatic heterocycles. The number of thiol groups is 1. The summed E-state index contributed by atoms with van der Waals surface area (Å²) in [5, 5.41) is 1.06. The number of aldehydes is 1. The lowest BCUT2D eigenvalue weighted by Gasteiger charge is -1.92. The van der Waals surface area contributed by atoms with Gasteiger partial charge >= 0.3 is 11.9 Å². The summed E-state index contributed by atoms with van der Waals surface area (Å²) >= 11 is 11.6. The molecular weight excluding hydrogens is 563 g/mol. The number of halogens is 3. The predicted octanol–water partition coefficient (Wildman–Crippen LogP) is 5.94. The maximum absolute atomic E-state index is 12.5. The van der Waals surface area contributed by atoms with E-state index in [9.17, 15) is 18.8 Å². The SMILES string of the molecule is COC(=O)CS.COC(=O)c1cc2cc(Br)ccc2s1.O=Cc1cc(Br)ccc1F. The highest BCUT2D eigenvalue weighted by molar-refractivity contribution is 9.10. The van der Waals surface area contributed by atoms with Crippen molar-refractivity contribution in [3.05, 3.63) is 67.7 Å². The molecule has 0 saturated heterocycles. The van der Waals surface area contributed by atoms with Crippen LogP contribution in [0.25, 0.3) is 10.1 Å². The Hall–Kier alpha value is -1.75. The average Bonchev–Trinajstić information content (AvgIpc) is 3.18. The molecule has 10 heteroatoms. The van der Waals surface area contributed by atoms with Crippen LogP contribution in [0.1, 0.15) is 20.0 Å². The van der Waals surface area contributed by atoms with Crippen LogP contribution in [0.5, 0.6) is 0 Å². The molecular formula is C20H17Br2FO5S2. The molecule has 2 aromatic carbocycles. The zero-order valence-electron chi connectivity index (χ0n) is 15.9. The molecule has 0 fully saturated rings. The first-order valence-electron chi connectivity index (χ1n) is 8.11. The van der Waals surface area contributed by atoms with Crippen LogP contribution in [-0.2, 0) is 14.3 Å². The zero-order chi connectivity index (χ0) is 22.7. The summed E-state index contributed by atoms with van der Waals surface area (Å²) in [6.07, 6.45) is 0.486. The highest BCUT2D eigenvalue weighted by Crippen LogP contribution is 2.28. The quantitative estimate of drug-likeness (QED) is 0.236. The monoisotopic (exact) mass is 578 g/mol. The number of ether oxygens (including phenoxy) is 2. The van der Waals surface area contributed by atoms with Crippen molar-refractivity contribution in [2.75, 3.05) is 20.0 Å². The van der Waals surface area contributed by atoms with E-state index < -0.39 is 5.82 Å². The molecule has 3 rings (SSSR count). The normalized spacial score (nSPS) is 9.53. The Morgan fingerprint density at radius 3 is 2.20 bits per heavy atom. The van der Waals surface area contributed by atoms with Gasteiger partial charge < -0.3 is 9.47 Å². The van der Waals surface area contributed by atoms with Gasteiger partial charge in [-0.2, -0.15) is 12.6 Å². The summed E-state index contributed by atoms with van der Waals surface area (Å²) in [4.78, 5) is 31.9. The summed E-state index contributed by atoms with van der Waals surface area (Å²) in [6, 6.07) is 12.0. The Balaban J connectivity index is 0.000000247. The van der Waals surface area contributed by atoms with E-state index in [0.717, 1.165) is 14.6 Å². The fraction of sp³-hybridized carbons (Fsp3) is 0.150. The smallest absolute Gasteiger partial charge is 0.348 e. The van der Waals surface area contributed by atoms with Crippen molar-refractivity contribution >= 4 is 84.1 Å². The number of esters is 2. The van der Waals surface area contributed by atoms with Gasteiger partial charge in [0.15, 0.2) is 6.29 Å². The molecule has 0 aliphatic carbocycles. The molecule has 0 aliphatic rings. The van der Waals surface area contributed by atoms with E-state index in [1.807, 2.05) is 24.3 Å². The van der Waals surface area contributed by atoms with Crippen molar-refractivity contribution in [3.63, 3.8) is 0 Å². The van der Waals surface area contributed by atoms with Gasteiger partial charge in [-0.3, -0.25) is 9.59 Å². The number of hydrogen-bond donors (Lipinski definition) is 1. The predicted molar refractivity (Wildman–Crippen MR) is 126 cm³/mol. The fourth-order valence-electron chi connectivity index (χ4n) is 1.88. The van der Waals surface area contributed by atoms with E-state index in [4.69, 9.17) is 0 Å². The highest BCUT2D eigenvalue weighted by atomic mass is 79.9. The lowest BCUT2D eigenvalue weighted by Crippen LogP contribution is -1.99. The first kappa shape index (κ1) is 26.3. The van der Waals surface area contributed by atoms with E-state index in [1.165, 1.54) is 37.7 Å². The first-order chi connectivity index (χ1) is 14.2. The van der Waals surface area contributed by atoms with E-state index in [2.05, 4.69) is 54.0 Å². The second-order valence-electron chi connectivity index (χ2n) is 5.30. The van der Waals surface area contributed by atoms with Gasteiger partial charge in [0.25, 0.3) is 0 Å². The van der Waals surface area contributed by atoms with Gasteiger partial charge in [0.1, 0.15) is 10.7 Å². The Kier molecular flexibility index (Phi) is 11.9. The molecule has 160 valence electrons. The Morgan fingerprint density at radius 1 is 1.07 bits per heavy atom. The third kappa shape index (κ3) is 8.55. The van der Waals surface area contributed by atoms with Gasteiger partial charge in [-0.15, -0.1) is 11.3 Å². The first-order valence-corrected chi connectivity index (χ1v) is 11.1. The van der Waals surface area contributed by atoms with Gasteiger partial charge in [0, 0.05) is 13.6 Å². The largest absolute Gasteiger partial charge is 0.468 e. The molecule has 0 saturated carbocycles. The standard InChI is InChI=1S/C10H7BrO2S.C7H4BrFO.C3H6O2S/c1-13-10(12)9-5-6-4-7(11)2-3-8(6)14-9;8-6-1-2-7(9)5(3-6)4-10;1-5-3(4)2-6/h2-5H,1H3;1-4H;6H,2H2,1H3. The molecule has 0 spiro atoms. The molecule has 30 heavy (non-hydrogen) atoms. The Labute approximate surface area is 199 Å². The van der Waals surface area contributed by atoms with Crippen LogP contribution in [-0.4, -0.2) is 38.2 Å². The Bertz CT molecular complexity index is 1020. The van der Waals surface area contributed by atoms with Crippen molar-refractivity contribution in [2.24, 2.45) is 0 Å². The summed E-state index contributed by atoms with van der Waals surface area (Å²) in [5.41, 5.74) is 0.0781. The number of hydrogen-bond acceptors (Lipinski definition) is 7. The number of benzene rings is 2. The molecule has 0 bridgehead atoms.